The van der Waals surface area contributed by atoms with Crippen LogP contribution in [0.1, 0.15) is 0 Å². The number of fused-ring (bicyclic) bond motifs is 1. The molecule has 0 radical (unpaired) electrons. The summed E-state index contributed by atoms with van der Waals surface area (Å²) in [6.45, 7) is 0. The summed E-state index contributed by atoms with van der Waals surface area (Å²) in [6, 6.07) is 3.87. The van der Waals surface area contributed by atoms with Gasteiger partial charge in [-0.05, 0) is 28.1 Å². The van der Waals surface area contributed by atoms with Gasteiger partial charge in [-0.1, -0.05) is 0 Å². The van der Waals surface area contributed by atoms with Crippen LogP contribution in [0.3, 0.4) is 0 Å². The number of nitrogens with zero attached hydrogens (tertiary/aromatic N) is 2. The Morgan fingerprint density at radius 3 is 3.20 bits per heavy atom. The van der Waals surface area contributed by atoms with Gasteiger partial charge in [0.2, 0.25) is 0 Å². The molecule has 0 bridgehead atoms. The van der Waals surface area contributed by atoms with Gasteiger partial charge in [-0.3, -0.25) is 0 Å². The Morgan fingerprint density at radius 2 is 2.30 bits per heavy atom. The molecule has 0 aliphatic carbocycles. The van der Waals surface area contributed by atoms with E-state index in [-0.39, 0.29) is 0 Å². The molecule has 2 heterocycles. The van der Waals surface area contributed by atoms with Gasteiger partial charge in [0, 0.05) is 11.6 Å². The van der Waals surface area contributed by atoms with Gasteiger partial charge in [0.05, 0.1) is 0 Å². The van der Waals surface area contributed by atoms with E-state index < -0.39 is 0 Å². The first-order chi connectivity index (χ1) is 4.86. The van der Waals surface area contributed by atoms with Crippen LogP contribution in [0.4, 0.5) is 0 Å². The third kappa shape index (κ3) is 0.806. The molecule has 4 heteroatoms. The van der Waals surface area contributed by atoms with Crippen LogP contribution < -0.4 is 0 Å². The molecule has 50 valence electrons. The van der Waals surface area contributed by atoms with E-state index in [2.05, 4.69) is 31.1 Å². The van der Waals surface area contributed by atoms with Gasteiger partial charge in [-0.15, -0.1) is 10.2 Å². The number of H-pyrrole nitrogens is 1. The number of nitrogens with one attached hydrogen (secondary N) is 1. The van der Waals surface area contributed by atoms with Crippen LogP contribution in [0.2, 0.25) is 0 Å². The van der Waals surface area contributed by atoms with Gasteiger partial charge in [-0.2, -0.15) is 0 Å². The normalized spacial score (nSPS) is 10.5. The minimum absolute atomic E-state index is 0.764. The quantitative estimate of drug-likeness (QED) is 0.700. The fourth-order valence-electron chi connectivity index (χ4n) is 0.831. The van der Waals surface area contributed by atoms with Crippen LogP contribution >= 0.6 is 15.9 Å². The van der Waals surface area contributed by atoms with E-state index in [1.165, 1.54) is 0 Å². The minimum atomic E-state index is 0.764. The van der Waals surface area contributed by atoms with Gasteiger partial charge in [0.15, 0.2) is 5.65 Å². The van der Waals surface area contributed by atoms with E-state index in [0.29, 0.717) is 0 Å². The smallest absolute Gasteiger partial charge is 0.160 e. The minimum Gasteiger partial charge on any atom is -0.345 e. The van der Waals surface area contributed by atoms with Crippen LogP contribution in [-0.4, -0.2) is 15.2 Å². The third-order valence-electron chi connectivity index (χ3n) is 1.28. The Labute approximate surface area is 65.6 Å². The molecule has 0 aliphatic heterocycles. The van der Waals surface area contributed by atoms with Crippen molar-refractivity contribution in [1.82, 2.24) is 15.2 Å². The first-order valence-corrected chi connectivity index (χ1v) is 3.62. The molecule has 2 aromatic heterocycles. The second kappa shape index (κ2) is 2.05. The van der Waals surface area contributed by atoms with Gasteiger partial charge in [0.1, 0.15) is 4.60 Å². The Hall–Kier alpha value is -0.900. The Bertz CT molecular complexity index is 355. The number of hydrogen-bond donors (Lipinski definition) is 1. The Balaban J connectivity index is 2.86. The lowest BCUT2D eigenvalue weighted by atomic mass is 10.4. The average Bonchev–Trinajstić information content (AvgIpc) is 2.33. The van der Waals surface area contributed by atoms with E-state index in [9.17, 15) is 0 Å². The molecule has 0 aromatic carbocycles. The lowest BCUT2D eigenvalue weighted by molar-refractivity contribution is 1.03. The van der Waals surface area contributed by atoms with E-state index in [1.54, 1.807) is 0 Å². The molecule has 0 amide bonds. The number of halogens is 1. The van der Waals surface area contributed by atoms with E-state index in [1.807, 2.05) is 18.3 Å². The maximum atomic E-state index is 3.89. The summed E-state index contributed by atoms with van der Waals surface area (Å²) in [5.74, 6) is 0. The van der Waals surface area contributed by atoms with Crippen LogP contribution in [0.25, 0.3) is 11.0 Å². The van der Waals surface area contributed by atoms with Crippen molar-refractivity contribution in [3.8, 4) is 0 Å². The molecular weight excluding hydrogens is 194 g/mol. The second-order valence-corrected chi connectivity index (χ2v) is 2.76. The largest absolute Gasteiger partial charge is 0.345 e. The number of aromatic nitrogens is 3. The standard InChI is InChI=1S/C6H4BrN3/c7-5-3-4-1-2-8-6(4)10-9-5/h1-3H,(H,8,10). The molecule has 10 heavy (non-hydrogen) atoms. The predicted molar refractivity (Wildman–Crippen MR) is 41.6 cm³/mol. The monoisotopic (exact) mass is 197 g/mol. The molecular formula is C6H4BrN3. The Kier molecular flexibility index (Phi) is 1.20. The van der Waals surface area contributed by atoms with Crippen LogP contribution in [0.15, 0.2) is 22.9 Å². The summed E-state index contributed by atoms with van der Waals surface area (Å²) < 4.78 is 0.764. The molecule has 0 saturated heterocycles. The summed E-state index contributed by atoms with van der Waals surface area (Å²) in [6.07, 6.45) is 1.84. The molecule has 0 aliphatic rings. The molecule has 0 fully saturated rings. The SMILES string of the molecule is Brc1cc2cc[nH]c2nn1. The van der Waals surface area contributed by atoms with Gasteiger partial charge in [-0.25, -0.2) is 0 Å². The molecule has 1 N–H and O–H groups in total. The van der Waals surface area contributed by atoms with Crippen molar-refractivity contribution in [1.29, 1.82) is 0 Å². The molecule has 0 unspecified atom stereocenters. The molecule has 2 rings (SSSR count). The van der Waals surface area contributed by atoms with E-state index >= 15 is 0 Å². The van der Waals surface area contributed by atoms with Gasteiger partial charge >= 0.3 is 0 Å². The van der Waals surface area contributed by atoms with Crippen LogP contribution in [0.5, 0.6) is 0 Å². The lowest BCUT2D eigenvalue weighted by Gasteiger charge is -1.86. The first-order valence-electron chi connectivity index (χ1n) is 2.82. The molecule has 0 saturated carbocycles. The number of aromatic amines is 1. The van der Waals surface area contributed by atoms with E-state index in [4.69, 9.17) is 0 Å². The van der Waals surface area contributed by atoms with Crippen molar-refractivity contribution in [2.75, 3.05) is 0 Å². The van der Waals surface area contributed by atoms with Crippen molar-refractivity contribution in [2.24, 2.45) is 0 Å². The van der Waals surface area contributed by atoms with Crippen molar-refractivity contribution in [2.45, 2.75) is 0 Å². The zero-order valence-electron chi connectivity index (χ0n) is 5.00. The number of rotatable bonds is 0. The summed E-state index contributed by atoms with van der Waals surface area (Å²) in [4.78, 5) is 2.95. The summed E-state index contributed by atoms with van der Waals surface area (Å²) in [5.41, 5.74) is 0.822. The Morgan fingerprint density at radius 1 is 1.40 bits per heavy atom. The van der Waals surface area contributed by atoms with Crippen molar-refractivity contribution < 1.29 is 0 Å². The topological polar surface area (TPSA) is 41.6 Å². The lowest BCUT2D eigenvalue weighted by Crippen LogP contribution is -1.81. The van der Waals surface area contributed by atoms with Crippen LogP contribution in [-0.2, 0) is 0 Å². The highest BCUT2D eigenvalue weighted by molar-refractivity contribution is 9.10. The maximum absolute atomic E-state index is 3.89. The van der Waals surface area contributed by atoms with Gasteiger partial charge < -0.3 is 4.98 Å². The zero-order valence-corrected chi connectivity index (χ0v) is 6.59. The van der Waals surface area contributed by atoms with E-state index in [0.717, 1.165) is 15.6 Å². The molecule has 2 aromatic rings. The summed E-state index contributed by atoms with van der Waals surface area (Å²) in [5, 5.41) is 8.77. The fraction of sp³-hybridized carbons (Fsp3) is 0. The first kappa shape index (κ1) is 5.85. The molecule has 3 nitrogen and oxygen atoms in total. The fourth-order valence-corrected chi connectivity index (χ4v) is 1.16. The zero-order chi connectivity index (χ0) is 6.97. The highest BCUT2D eigenvalue weighted by Gasteiger charge is 1.95. The van der Waals surface area contributed by atoms with Crippen molar-refractivity contribution in [3.05, 3.63) is 22.9 Å². The molecule has 0 atom stereocenters. The average molecular weight is 198 g/mol. The van der Waals surface area contributed by atoms with Crippen molar-refractivity contribution >= 4 is 27.0 Å². The molecule has 0 spiro atoms. The highest BCUT2D eigenvalue weighted by atomic mass is 79.9. The second-order valence-electron chi connectivity index (χ2n) is 1.95. The maximum Gasteiger partial charge on any atom is 0.160 e. The third-order valence-corrected chi connectivity index (χ3v) is 1.66. The van der Waals surface area contributed by atoms with Crippen LogP contribution in [0, 0.1) is 0 Å². The number of hydrogen-bond acceptors (Lipinski definition) is 2. The highest BCUT2D eigenvalue weighted by Crippen LogP contribution is 2.12. The van der Waals surface area contributed by atoms with Crippen molar-refractivity contribution in [3.63, 3.8) is 0 Å². The summed E-state index contributed by atoms with van der Waals surface area (Å²) >= 11 is 3.23. The van der Waals surface area contributed by atoms with Gasteiger partial charge in [0.25, 0.3) is 0 Å². The predicted octanol–water partition coefficient (Wildman–Crippen LogP) is 1.72. The summed E-state index contributed by atoms with van der Waals surface area (Å²) in [7, 11) is 0.